The highest BCUT2D eigenvalue weighted by Gasteiger charge is 2.37. The number of pyridine rings is 1. The number of carbonyl (C=O) groups is 4. The van der Waals surface area contributed by atoms with Gasteiger partial charge in [0, 0.05) is 24.8 Å². The zero-order valence-corrected chi connectivity index (χ0v) is 18.0. The lowest BCUT2D eigenvalue weighted by Gasteiger charge is -2.43. The van der Waals surface area contributed by atoms with E-state index in [1.54, 1.807) is 24.0 Å². The number of aromatic nitrogens is 1. The van der Waals surface area contributed by atoms with Crippen LogP contribution in [-0.4, -0.2) is 92.3 Å². The lowest BCUT2D eigenvalue weighted by Crippen LogP contribution is -2.56. The molecule has 0 bridgehead atoms. The molecule has 1 fully saturated rings. The fraction of sp³-hybridized carbons (Fsp3) is 0.571. The van der Waals surface area contributed by atoms with E-state index in [9.17, 15) is 34.5 Å². The summed E-state index contributed by atoms with van der Waals surface area (Å²) in [7, 11) is 0. The molecular weight excluding hydrogens is 422 g/mol. The quantitative estimate of drug-likeness (QED) is 0.388. The summed E-state index contributed by atoms with van der Waals surface area (Å²) in [6.45, 7) is 0.579. The summed E-state index contributed by atoms with van der Waals surface area (Å²) in [6, 6.07) is 2.25. The van der Waals surface area contributed by atoms with E-state index in [-0.39, 0.29) is 25.3 Å². The standard InChI is InChI=1S/C21H29N3O8/c1-2-32-21(31)14-6-5-9-22-15(14)10-23(11-18(25)26)16-7-3-4-8-17(16)24(12-19(27)28)13-20(29)30/h5-6,9,16-17H,2-4,7-8,10-13H2,1H3,(H,25,26)(H,27,28)(H,29,30)/t16-,17?/m0/s1. The van der Waals surface area contributed by atoms with Crippen LogP contribution in [0.3, 0.4) is 0 Å². The number of carboxylic acid groups (broad SMARTS) is 3. The minimum Gasteiger partial charge on any atom is -0.480 e. The predicted octanol–water partition coefficient (Wildman–Crippen LogP) is 0.927. The summed E-state index contributed by atoms with van der Waals surface area (Å²) < 4.78 is 5.07. The van der Waals surface area contributed by atoms with Crippen LogP contribution in [0.25, 0.3) is 0 Å². The van der Waals surface area contributed by atoms with Gasteiger partial charge in [0.25, 0.3) is 0 Å². The summed E-state index contributed by atoms with van der Waals surface area (Å²) in [5.41, 5.74) is 0.574. The van der Waals surface area contributed by atoms with Gasteiger partial charge in [0.2, 0.25) is 0 Å². The number of aliphatic carboxylic acids is 3. The summed E-state index contributed by atoms with van der Waals surface area (Å²) in [6.07, 6.45) is 4.16. The molecule has 1 aliphatic carbocycles. The summed E-state index contributed by atoms with van der Waals surface area (Å²) in [5.74, 6) is -3.97. The molecule has 0 aliphatic heterocycles. The molecule has 1 saturated carbocycles. The third kappa shape index (κ3) is 7.27. The molecule has 3 N–H and O–H groups in total. The molecule has 0 radical (unpaired) electrons. The fourth-order valence-corrected chi connectivity index (χ4v) is 4.20. The molecule has 0 spiro atoms. The van der Waals surface area contributed by atoms with Crippen LogP contribution in [0.15, 0.2) is 18.3 Å². The van der Waals surface area contributed by atoms with E-state index in [1.807, 2.05) is 0 Å². The molecule has 0 saturated heterocycles. The molecule has 1 aliphatic rings. The van der Waals surface area contributed by atoms with Crippen LogP contribution in [0.2, 0.25) is 0 Å². The van der Waals surface area contributed by atoms with Gasteiger partial charge in [-0.1, -0.05) is 12.8 Å². The van der Waals surface area contributed by atoms with Gasteiger partial charge in [0.15, 0.2) is 0 Å². The van der Waals surface area contributed by atoms with E-state index in [1.165, 1.54) is 11.1 Å². The van der Waals surface area contributed by atoms with E-state index < -0.39 is 49.1 Å². The van der Waals surface area contributed by atoms with Gasteiger partial charge in [-0.3, -0.25) is 29.2 Å². The van der Waals surface area contributed by atoms with Crippen molar-refractivity contribution in [3.63, 3.8) is 0 Å². The van der Waals surface area contributed by atoms with E-state index in [0.29, 0.717) is 18.5 Å². The van der Waals surface area contributed by atoms with Crippen LogP contribution in [-0.2, 0) is 25.7 Å². The topological polar surface area (TPSA) is 158 Å². The van der Waals surface area contributed by atoms with Gasteiger partial charge in [-0.15, -0.1) is 0 Å². The van der Waals surface area contributed by atoms with Crippen molar-refractivity contribution in [1.82, 2.24) is 14.8 Å². The zero-order valence-electron chi connectivity index (χ0n) is 18.0. The predicted molar refractivity (Wildman–Crippen MR) is 111 cm³/mol. The monoisotopic (exact) mass is 451 g/mol. The lowest BCUT2D eigenvalue weighted by atomic mass is 9.87. The van der Waals surface area contributed by atoms with Crippen molar-refractivity contribution >= 4 is 23.9 Å². The van der Waals surface area contributed by atoms with Gasteiger partial charge in [0.05, 0.1) is 37.5 Å². The second-order valence-electron chi connectivity index (χ2n) is 7.63. The highest BCUT2D eigenvalue weighted by Crippen LogP contribution is 2.29. The molecule has 1 aromatic rings. The number of ether oxygens (including phenoxy) is 1. The van der Waals surface area contributed by atoms with Crippen LogP contribution in [0.1, 0.15) is 48.7 Å². The first kappa shape index (κ1) is 25.2. The second-order valence-corrected chi connectivity index (χ2v) is 7.63. The molecule has 176 valence electrons. The van der Waals surface area contributed by atoms with Gasteiger partial charge < -0.3 is 20.1 Å². The summed E-state index contributed by atoms with van der Waals surface area (Å²) in [5, 5.41) is 28.1. The SMILES string of the molecule is CCOC(=O)c1cccnc1CN(CC(=O)O)[C@H]1CCCCC1N(CC(=O)O)CC(=O)O. The molecule has 0 amide bonds. The van der Waals surface area contributed by atoms with Crippen molar-refractivity contribution in [3.05, 3.63) is 29.6 Å². The minimum atomic E-state index is -1.16. The zero-order chi connectivity index (χ0) is 23.7. The molecule has 1 unspecified atom stereocenters. The Balaban J connectivity index is 2.37. The van der Waals surface area contributed by atoms with Crippen LogP contribution < -0.4 is 0 Å². The molecule has 2 rings (SSSR count). The first-order valence-corrected chi connectivity index (χ1v) is 10.5. The van der Waals surface area contributed by atoms with E-state index in [0.717, 1.165) is 12.8 Å². The minimum absolute atomic E-state index is 0.0242. The molecule has 32 heavy (non-hydrogen) atoms. The number of carbonyl (C=O) groups excluding carboxylic acids is 1. The molecule has 11 heteroatoms. The van der Waals surface area contributed by atoms with E-state index in [2.05, 4.69) is 4.98 Å². The van der Waals surface area contributed by atoms with Crippen molar-refractivity contribution in [2.45, 2.75) is 51.2 Å². The van der Waals surface area contributed by atoms with Gasteiger partial charge >= 0.3 is 23.9 Å². The maximum atomic E-state index is 12.3. The Morgan fingerprint density at radius 2 is 1.50 bits per heavy atom. The third-order valence-electron chi connectivity index (χ3n) is 5.39. The van der Waals surface area contributed by atoms with E-state index >= 15 is 0 Å². The Bertz CT molecular complexity index is 815. The largest absolute Gasteiger partial charge is 0.480 e. The summed E-state index contributed by atoms with van der Waals surface area (Å²) >= 11 is 0. The van der Waals surface area contributed by atoms with Crippen molar-refractivity contribution in [2.24, 2.45) is 0 Å². The highest BCUT2D eigenvalue weighted by atomic mass is 16.5. The van der Waals surface area contributed by atoms with Gasteiger partial charge in [-0.2, -0.15) is 0 Å². The first-order chi connectivity index (χ1) is 15.2. The maximum absolute atomic E-state index is 12.3. The van der Waals surface area contributed by atoms with Crippen LogP contribution in [0.5, 0.6) is 0 Å². The summed E-state index contributed by atoms with van der Waals surface area (Å²) in [4.78, 5) is 53.9. The van der Waals surface area contributed by atoms with Crippen LogP contribution in [0.4, 0.5) is 0 Å². The van der Waals surface area contributed by atoms with Crippen molar-refractivity contribution in [3.8, 4) is 0 Å². The number of hydrogen-bond acceptors (Lipinski definition) is 8. The Labute approximate surface area is 185 Å². The van der Waals surface area contributed by atoms with Gasteiger partial charge in [-0.05, 0) is 31.9 Å². The number of carboxylic acids is 3. The Morgan fingerprint density at radius 1 is 0.969 bits per heavy atom. The molecule has 1 aromatic heterocycles. The van der Waals surface area contributed by atoms with Crippen molar-refractivity contribution < 1.29 is 39.2 Å². The molecule has 11 nitrogen and oxygen atoms in total. The number of nitrogens with zero attached hydrogens (tertiary/aromatic N) is 3. The average Bonchev–Trinajstić information content (AvgIpc) is 2.72. The smallest absolute Gasteiger partial charge is 0.340 e. The molecular formula is C21H29N3O8. The number of hydrogen-bond donors (Lipinski definition) is 3. The maximum Gasteiger partial charge on any atom is 0.340 e. The average molecular weight is 451 g/mol. The highest BCUT2D eigenvalue weighted by molar-refractivity contribution is 5.90. The van der Waals surface area contributed by atoms with Gasteiger partial charge in [0.1, 0.15) is 0 Å². The third-order valence-corrected chi connectivity index (χ3v) is 5.39. The van der Waals surface area contributed by atoms with Gasteiger partial charge in [-0.25, -0.2) is 4.79 Å². The number of rotatable bonds is 12. The fourth-order valence-electron chi connectivity index (χ4n) is 4.20. The molecule has 1 heterocycles. The van der Waals surface area contributed by atoms with E-state index in [4.69, 9.17) is 4.74 Å². The Morgan fingerprint density at radius 3 is 2.03 bits per heavy atom. The second kappa shape index (κ2) is 12.1. The number of esters is 1. The van der Waals surface area contributed by atoms with Crippen LogP contribution >= 0.6 is 0 Å². The van der Waals surface area contributed by atoms with Crippen molar-refractivity contribution in [2.75, 3.05) is 26.2 Å². The van der Waals surface area contributed by atoms with Crippen LogP contribution in [0, 0.1) is 0 Å². The Kier molecular flexibility index (Phi) is 9.54. The van der Waals surface area contributed by atoms with Crippen molar-refractivity contribution in [1.29, 1.82) is 0 Å². The molecule has 0 aromatic carbocycles. The normalized spacial score (nSPS) is 18.5. The Hall–Kier alpha value is -3.05. The first-order valence-electron chi connectivity index (χ1n) is 10.5. The lowest BCUT2D eigenvalue weighted by molar-refractivity contribution is -0.146. The molecule has 2 atom stereocenters.